The van der Waals surface area contributed by atoms with E-state index in [1.807, 2.05) is 0 Å². The number of rotatable bonds is 9. The molecule has 15 heteroatoms. The zero-order valence-electron chi connectivity index (χ0n) is 17.8. The van der Waals surface area contributed by atoms with Gasteiger partial charge in [-0.3, -0.25) is 4.99 Å². The van der Waals surface area contributed by atoms with Gasteiger partial charge in [-0.05, 0) is 12.8 Å². The van der Waals surface area contributed by atoms with Gasteiger partial charge < -0.3 is 55.1 Å². The van der Waals surface area contributed by atoms with Gasteiger partial charge in [0.05, 0.1) is 18.8 Å². The van der Waals surface area contributed by atoms with Crippen molar-refractivity contribution in [1.29, 1.82) is 0 Å². The number of aliphatic hydroxyl groups excluding tert-OH is 6. The number of hydrogen-bond acceptors (Lipinski definition) is 13. The molecule has 0 aromatic rings. The number of ether oxygens (including phenoxy) is 3. The number of hydrogen-bond donors (Lipinski definition) is 7. The first-order valence-electron chi connectivity index (χ1n) is 9.43. The van der Waals surface area contributed by atoms with Crippen molar-refractivity contribution in [2.75, 3.05) is 19.5 Å². The number of aliphatic imine (C=N–C) groups is 1. The fourth-order valence-electron chi connectivity index (χ4n) is 3.48. The van der Waals surface area contributed by atoms with Gasteiger partial charge in [0.25, 0.3) is 0 Å². The molecule has 10 atom stereocenters. The minimum Gasteiger partial charge on any atom is -0.862 e. The Morgan fingerprint density at radius 2 is 1.94 bits per heavy atom. The molecule has 0 saturated carbocycles. The van der Waals surface area contributed by atoms with E-state index in [1.54, 1.807) is 0 Å². The van der Waals surface area contributed by atoms with E-state index in [9.17, 15) is 40.5 Å². The zero-order valence-corrected chi connectivity index (χ0v) is 20.7. The van der Waals surface area contributed by atoms with Gasteiger partial charge in [-0.2, -0.15) is 0 Å². The van der Waals surface area contributed by atoms with Gasteiger partial charge in [0, 0.05) is 19.3 Å². The van der Waals surface area contributed by atoms with Gasteiger partial charge in [-0.25, -0.2) is 4.79 Å². The second-order valence-corrected chi connectivity index (χ2v) is 8.64. The minimum atomic E-state index is -2.18. The van der Waals surface area contributed by atoms with Gasteiger partial charge in [0.15, 0.2) is 6.29 Å². The van der Waals surface area contributed by atoms with E-state index < -0.39 is 84.9 Å². The Kier molecular flexibility index (Phi) is 11.8. The van der Waals surface area contributed by atoms with E-state index in [2.05, 4.69) is 4.99 Å². The van der Waals surface area contributed by atoms with Crippen molar-refractivity contribution in [3.63, 3.8) is 0 Å². The topological polar surface area (TPSA) is 222 Å². The first-order chi connectivity index (χ1) is 14.5. The third kappa shape index (κ3) is 6.53. The smallest absolute Gasteiger partial charge is 0.862 e. The number of carboxylic acids is 1. The fourth-order valence-corrected chi connectivity index (χ4v) is 4.78. The van der Waals surface area contributed by atoms with E-state index in [4.69, 9.17) is 19.3 Å². The van der Waals surface area contributed by atoms with Crippen LogP contribution in [0.1, 0.15) is 13.3 Å². The van der Waals surface area contributed by atoms with Crippen LogP contribution in [0, 0.1) is 0 Å². The summed E-state index contributed by atoms with van der Waals surface area (Å²) in [5, 5.41) is 81.1. The average Bonchev–Trinajstić information content (AvgIpc) is 3.00. The van der Waals surface area contributed by atoms with E-state index >= 15 is 0 Å². The van der Waals surface area contributed by atoms with Gasteiger partial charge in [-0.15, -0.1) is 11.8 Å². The monoisotopic (exact) mass is 493 g/mol. The third-order valence-corrected chi connectivity index (χ3v) is 6.54. The van der Waals surface area contributed by atoms with Crippen LogP contribution in [0.3, 0.4) is 0 Å². The van der Waals surface area contributed by atoms with Gasteiger partial charge in [0.2, 0.25) is 4.93 Å². The standard InChI is InChI=1S/C17H29NO12S.Na/c1-6(20)18-10-7(21)3-17(16(26)27,30-14(10)11(23)8(22)4-19)31-5-9-12(24)13(25)15(28-2)29-9;/h7-15,19,21-25H,3-5H2,1-2H3,(H,18,20)(H,26,27);/q;+1/p-1/t7-,8+,9+,10+,11+,12+,13+,14+,15?,17-;/m0./s1. The van der Waals surface area contributed by atoms with Crippen LogP contribution in [-0.4, -0.2) is 127 Å². The average molecular weight is 493 g/mol. The summed E-state index contributed by atoms with van der Waals surface area (Å²) < 4.78 is 15.8. The maximum absolute atomic E-state index is 12.1. The molecule has 2 saturated heterocycles. The molecular formula is C17H28NNaO12S. The second-order valence-electron chi connectivity index (χ2n) is 7.36. The Balaban J connectivity index is 0.00000512. The molecular weight excluding hydrogens is 465 g/mol. The van der Waals surface area contributed by atoms with Crippen molar-refractivity contribution >= 4 is 23.6 Å². The first-order valence-corrected chi connectivity index (χ1v) is 10.4. The van der Waals surface area contributed by atoms with Crippen LogP contribution in [-0.2, 0) is 19.0 Å². The van der Waals surface area contributed by atoms with Crippen LogP contribution in [0.4, 0.5) is 0 Å². The molecule has 2 aliphatic rings. The van der Waals surface area contributed by atoms with Crippen LogP contribution in [0.15, 0.2) is 4.99 Å². The van der Waals surface area contributed by atoms with Crippen molar-refractivity contribution in [2.45, 2.75) is 73.3 Å². The molecule has 0 bridgehead atoms. The second kappa shape index (κ2) is 12.6. The number of thioether (sulfide) groups is 1. The van der Waals surface area contributed by atoms with Crippen molar-refractivity contribution < 1.29 is 89.4 Å². The molecule has 2 aliphatic heterocycles. The maximum atomic E-state index is 12.1. The van der Waals surface area contributed by atoms with E-state index in [1.165, 1.54) is 7.11 Å². The van der Waals surface area contributed by atoms with Crippen molar-refractivity contribution in [2.24, 2.45) is 4.99 Å². The molecule has 2 fully saturated rings. The fraction of sp³-hybridized carbons (Fsp3) is 0.882. The predicted molar refractivity (Wildman–Crippen MR) is 102 cm³/mol. The minimum absolute atomic E-state index is 0. The van der Waals surface area contributed by atoms with Crippen LogP contribution in [0.25, 0.3) is 0 Å². The molecule has 0 spiro atoms. The first kappa shape index (κ1) is 30.0. The van der Waals surface area contributed by atoms with Gasteiger partial charge in [-0.1, -0.05) is 0 Å². The SMILES string of the molecule is COC1O[C@H](CS[C@]2(C(=O)O)C[C@H](O)[C@@H](N=C(C)[O-])[C@H]([C@H](O)[C@H](O)CO)O2)[C@@H](O)[C@H]1O.[Na+]. The van der Waals surface area contributed by atoms with E-state index in [0.29, 0.717) is 11.8 Å². The normalized spacial score (nSPS) is 39.9. The van der Waals surface area contributed by atoms with Crippen LogP contribution >= 0.6 is 11.8 Å². The van der Waals surface area contributed by atoms with E-state index in [-0.39, 0.29) is 35.3 Å². The van der Waals surface area contributed by atoms with Gasteiger partial charge in [0.1, 0.15) is 36.6 Å². The molecule has 0 aromatic heterocycles. The quantitative estimate of drug-likeness (QED) is 0.0902. The van der Waals surface area contributed by atoms with Crippen molar-refractivity contribution in [3.8, 4) is 0 Å². The molecule has 2 rings (SSSR count). The summed E-state index contributed by atoms with van der Waals surface area (Å²) in [6.07, 6.45) is -12.3. The third-order valence-electron chi connectivity index (χ3n) is 5.14. The van der Waals surface area contributed by atoms with Crippen molar-refractivity contribution in [3.05, 3.63) is 0 Å². The molecule has 0 radical (unpaired) electrons. The largest absolute Gasteiger partial charge is 1.00 e. The number of carboxylic acid groups (broad SMARTS) is 1. The Morgan fingerprint density at radius 1 is 1.31 bits per heavy atom. The number of nitrogens with zero attached hydrogens (tertiary/aromatic N) is 1. The summed E-state index contributed by atoms with van der Waals surface area (Å²) in [5.74, 6) is -2.47. The predicted octanol–water partition coefficient (Wildman–Crippen LogP) is -7.39. The summed E-state index contributed by atoms with van der Waals surface area (Å²) in [6, 6.07) is -1.39. The Bertz CT molecular complexity index is 655. The number of methoxy groups -OCH3 is 1. The molecule has 180 valence electrons. The Morgan fingerprint density at radius 3 is 2.41 bits per heavy atom. The molecule has 32 heavy (non-hydrogen) atoms. The summed E-state index contributed by atoms with van der Waals surface area (Å²) in [5.41, 5.74) is 0. The summed E-state index contributed by atoms with van der Waals surface area (Å²) in [6.45, 7) is 0.193. The van der Waals surface area contributed by atoms with Crippen LogP contribution in [0.2, 0.25) is 0 Å². The number of aliphatic hydroxyl groups is 6. The Hall–Kier alpha value is -0.0700. The number of carbonyl (C=O) groups is 1. The van der Waals surface area contributed by atoms with Crippen LogP contribution < -0.4 is 34.7 Å². The Labute approximate surface area is 210 Å². The molecule has 13 nitrogen and oxygen atoms in total. The molecule has 7 N–H and O–H groups in total. The zero-order chi connectivity index (χ0) is 23.5. The number of aliphatic carboxylic acids is 1. The summed E-state index contributed by atoms with van der Waals surface area (Å²) in [4.78, 5) is 13.6. The van der Waals surface area contributed by atoms with Crippen molar-refractivity contribution in [1.82, 2.24) is 0 Å². The summed E-state index contributed by atoms with van der Waals surface area (Å²) >= 11 is 0.618. The van der Waals surface area contributed by atoms with Gasteiger partial charge >= 0.3 is 35.5 Å². The molecule has 0 aliphatic carbocycles. The molecule has 0 amide bonds. The molecule has 1 unspecified atom stereocenters. The van der Waals surface area contributed by atoms with E-state index in [0.717, 1.165) is 6.92 Å². The van der Waals surface area contributed by atoms with Crippen LogP contribution in [0.5, 0.6) is 0 Å². The maximum Gasteiger partial charge on any atom is 1.00 e. The summed E-state index contributed by atoms with van der Waals surface area (Å²) in [7, 11) is 1.26. The molecule has 0 aromatic carbocycles. The molecule has 2 heterocycles.